The van der Waals surface area contributed by atoms with Gasteiger partial charge < -0.3 is 0 Å². The van der Waals surface area contributed by atoms with E-state index in [-0.39, 0.29) is 11.2 Å². The Morgan fingerprint density at radius 1 is 1.03 bits per heavy atom. The van der Waals surface area contributed by atoms with Gasteiger partial charge in [0.05, 0.1) is 11.8 Å². The Labute approximate surface area is 173 Å². The Hall–Kier alpha value is -2.18. The maximum absolute atomic E-state index is 12.8. The Kier molecular flexibility index (Phi) is 4.44. The van der Waals surface area contributed by atoms with Crippen LogP contribution in [0.15, 0.2) is 48.5 Å². The molecule has 0 bridgehead atoms. The topological polar surface area (TPSA) is 56.1 Å². The summed E-state index contributed by atoms with van der Waals surface area (Å²) in [5.41, 5.74) is 3.36. The van der Waals surface area contributed by atoms with E-state index in [9.17, 15) is 13.2 Å². The number of ketones is 1. The van der Waals surface area contributed by atoms with E-state index in [1.165, 1.54) is 6.26 Å². The number of nitrogens with zero attached hydrogens (tertiary/aromatic N) is 1. The second kappa shape index (κ2) is 6.41. The van der Waals surface area contributed by atoms with Gasteiger partial charge in [0.25, 0.3) is 0 Å². The van der Waals surface area contributed by atoms with Crippen LogP contribution in [0.2, 0.25) is 19.6 Å². The van der Waals surface area contributed by atoms with Crippen LogP contribution in [0.25, 0.3) is 10.9 Å². The summed E-state index contributed by atoms with van der Waals surface area (Å²) in [6.07, 6.45) is 2.39. The third kappa shape index (κ3) is 3.18. The fourth-order valence-corrected chi connectivity index (χ4v) is 9.04. The minimum Gasteiger partial charge on any atom is -0.294 e. The van der Waals surface area contributed by atoms with E-state index in [0.29, 0.717) is 12.8 Å². The molecule has 2 aromatic carbocycles. The van der Waals surface area contributed by atoms with Gasteiger partial charge in [-0.25, -0.2) is 12.4 Å². The lowest BCUT2D eigenvalue weighted by molar-refractivity contribution is 0.0976. The number of carbonyl (C=O) groups excluding carboxylic acids is 1. The first-order valence-corrected chi connectivity index (χ1v) is 15.2. The number of fused-ring (bicyclic) bond motifs is 2. The van der Waals surface area contributed by atoms with Crippen molar-refractivity contribution in [2.75, 3.05) is 6.26 Å². The average Bonchev–Trinajstić information content (AvgIpc) is 3.08. The predicted molar refractivity (Wildman–Crippen MR) is 122 cm³/mol. The predicted octanol–water partition coefficient (Wildman–Crippen LogP) is 4.08. The fourth-order valence-electron chi connectivity index (χ4n) is 4.90. The van der Waals surface area contributed by atoms with Gasteiger partial charge in [-0.15, -0.1) is 0 Å². The molecular weight excluding hydrogens is 398 g/mol. The van der Waals surface area contributed by atoms with E-state index in [4.69, 9.17) is 0 Å². The van der Waals surface area contributed by atoms with Crippen molar-refractivity contribution in [1.82, 2.24) is 3.97 Å². The van der Waals surface area contributed by atoms with Crippen LogP contribution in [0.3, 0.4) is 0 Å². The summed E-state index contributed by atoms with van der Waals surface area (Å²) in [5.74, 6) is 0.171. The van der Waals surface area contributed by atoms with Crippen molar-refractivity contribution in [3.05, 3.63) is 65.2 Å². The summed E-state index contributed by atoms with van der Waals surface area (Å²) in [6, 6.07) is 15.6. The molecule has 4 rings (SSSR count). The second-order valence-electron chi connectivity index (χ2n) is 9.50. The van der Waals surface area contributed by atoms with Gasteiger partial charge in [0.2, 0.25) is 10.0 Å². The van der Waals surface area contributed by atoms with Gasteiger partial charge in [-0.05, 0) is 23.6 Å². The molecule has 0 spiro atoms. The quantitative estimate of drug-likeness (QED) is 0.592. The number of carbonyl (C=O) groups is 1. The van der Waals surface area contributed by atoms with Gasteiger partial charge in [-0.3, -0.25) is 4.79 Å². The highest BCUT2D eigenvalue weighted by Crippen LogP contribution is 2.42. The number of aromatic nitrogens is 1. The molecule has 0 amide bonds. The molecular formula is C23H27NO3SSi. The van der Waals surface area contributed by atoms with Crippen LogP contribution in [0.5, 0.6) is 0 Å². The Balaban J connectivity index is 2.02. The monoisotopic (exact) mass is 425 g/mol. The van der Waals surface area contributed by atoms with Crippen LogP contribution in [0, 0.1) is 0 Å². The summed E-state index contributed by atoms with van der Waals surface area (Å²) in [5, 5.41) is 1.92. The molecule has 0 aliphatic heterocycles. The Bertz CT molecular complexity index is 1250. The molecule has 1 aromatic heterocycles. The van der Waals surface area contributed by atoms with Gasteiger partial charge in [-0.1, -0.05) is 69.0 Å². The van der Waals surface area contributed by atoms with Crippen LogP contribution in [-0.2, 0) is 21.9 Å². The largest absolute Gasteiger partial charge is 0.294 e. The maximum atomic E-state index is 12.8. The molecule has 0 saturated heterocycles. The van der Waals surface area contributed by atoms with Crippen molar-refractivity contribution >= 4 is 40.1 Å². The van der Waals surface area contributed by atoms with Crippen molar-refractivity contribution in [1.29, 1.82) is 0 Å². The molecule has 1 atom stereocenters. The maximum Gasteiger partial charge on any atom is 0.235 e. The standard InChI is InChI=1S/C23H27NO3SSi/c1-23(15-21(25)17-11-6-8-12-19(17)23)14-18-16-10-7-9-13-20(16)24(28(2,26)27)22(18)29(3,4)5/h6-13H,14-15H2,1-5H3/t23-/m0/s1. The highest BCUT2D eigenvalue weighted by Gasteiger charge is 2.42. The Morgan fingerprint density at radius 2 is 1.66 bits per heavy atom. The molecule has 6 heteroatoms. The van der Waals surface area contributed by atoms with E-state index in [0.717, 1.165) is 32.9 Å². The van der Waals surface area contributed by atoms with Gasteiger partial charge in [-0.2, -0.15) is 0 Å². The van der Waals surface area contributed by atoms with Crippen LogP contribution in [0.4, 0.5) is 0 Å². The molecule has 29 heavy (non-hydrogen) atoms. The lowest BCUT2D eigenvalue weighted by Crippen LogP contribution is -2.47. The molecule has 0 saturated carbocycles. The number of rotatable bonds is 4. The highest BCUT2D eigenvalue weighted by atomic mass is 32.2. The van der Waals surface area contributed by atoms with E-state index >= 15 is 0 Å². The van der Waals surface area contributed by atoms with Crippen LogP contribution < -0.4 is 5.32 Å². The van der Waals surface area contributed by atoms with Crippen molar-refractivity contribution in [2.45, 2.75) is 44.8 Å². The first-order chi connectivity index (χ1) is 13.4. The summed E-state index contributed by atoms with van der Waals surface area (Å²) in [7, 11) is -5.49. The fraction of sp³-hybridized carbons (Fsp3) is 0.348. The number of hydrogen-bond acceptors (Lipinski definition) is 3. The third-order valence-electron chi connectivity index (χ3n) is 5.97. The first-order valence-electron chi connectivity index (χ1n) is 9.89. The zero-order valence-corrected chi connectivity index (χ0v) is 19.4. The lowest BCUT2D eigenvalue weighted by Gasteiger charge is -2.28. The molecule has 1 aliphatic rings. The summed E-state index contributed by atoms with van der Waals surface area (Å²) < 4.78 is 27.2. The van der Waals surface area contributed by atoms with Crippen LogP contribution >= 0.6 is 0 Å². The summed E-state index contributed by atoms with van der Waals surface area (Å²) in [6.45, 7) is 8.69. The zero-order valence-electron chi connectivity index (χ0n) is 17.6. The molecule has 1 heterocycles. The van der Waals surface area contributed by atoms with E-state index < -0.39 is 18.1 Å². The average molecular weight is 426 g/mol. The zero-order chi connectivity index (χ0) is 21.2. The number of para-hydroxylation sites is 1. The smallest absolute Gasteiger partial charge is 0.235 e. The van der Waals surface area contributed by atoms with Crippen molar-refractivity contribution in [2.24, 2.45) is 0 Å². The molecule has 0 N–H and O–H groups in total. The van der Waals surface area contributed by atoms with Crippen molar-refractivity contribution in [3.8, 4) is 0 Å². The molecule has 4 nitrogen and oxygen atoms in total. The van der Waals surface area contributed by atoms with Crippen LogP contribution in [-0.4, -0.2) is 32.5 Å². The molecule has 152 valence electrons. The van der Waals surface area contributed by atoms with Gasteiger partial charge in [0, 0.05) is 28.1 Å². The number of benzene rings is 2. The molecule has 3 aromatic rings. The number of hydrogen-bond donors (Lipinski definition) is 0. The Morgan fingerprint density at radius 3 is 2.31 bits per heavy atom. The second-order valence-corrected chi connectivity index (χ2v) is 16.3. The first kappa shape index (κ1) is 20.1. The lowest BCUT2D eigenvalue weighted by atomic mass is 9.78. The van der Waals surface area contributed by atoms with E-state index in [1.54, 1.807) is 3.97 Å². The van der Waals surface area contributed by atoms with E-state index in [1.807, 2.05) is 48.5 Å². The van der Waals surface area contributed by atoms with Crippen molar-refractivity contribution < 1.29 is 13.2 Å². The summed E-state index contributed by atoms with van der Waals surface area (Å²) in [4.78, 5) is 12.7. The molecule has 0 radical (unpaired) electrons. The SMILES string of the molecule is C[C@]1(Cc2c([Si](C)(C)C)n(S(C)(=O)=O)c3ccccc23)CC(=O)c2ccccc21. The van der Waals surface area contributed by atoms with Gasteiger partial charge >= 0.3 is 0 Å². The van der Waals surface area contributed by atoms with Gasteiger partial charge in [0.15, 0.2) is 5.78 Å². The van der Waals surface area contributed by atoms with Gasteiger partial charge in [0.1, 0.15) is 8.07 Å². The van der Waals surface area contributed by atoms with Crippen LogP contribution in [0.1, 0.15) is 34.8 Å². The minimum atomic E-state index is -3.46. The molecule has 0 fully saturated rings. The minimum absolute atomic E-state index is 0.171. The third-order valence-corrected chi connectivity index (χ3v) is 9.13. The molecule has 0 unspecified atom stereocenters. The summed E-state index contributed by atoms with van der Waals surface area (Å²) >= 11 is 0. The molecule has 1 aliphatic carbocycles. The number of Topliss-reactive ketones (excluding diaryl/α,β-unsaturated/α-hetero) is 1. The highest BCUT2D eigenvalue weighted by molar-refractivity contribution is 7.89. The van der Waals surface area contributed by atoms with Crippen molar-refractivity contribution in [3.63, 3.8) is 0 Å². The van der Waals surface area contributed by atoms with E-state index in [2.05, 4.69) is 26.6 Å². The normalized spacial score (nSPS) is 19.7.